The Hall–Kier alpha value is -3.21. The zero-order valence-electron chi connectivity index (χ0n) is 13.8. The number of nitro groups is 1. The van der Waals surface area contributed by atoms with Crippen molar-refractivity contribution in [3.05, 3.63) is 58.4 Å². The minimum Gasteiger partial charge on any atom is -0.302 e. The Morgan fingerprint density at radius 2 is 2.15 bits per heavy atom. The summed E-state index contributed by atoms with van der Waals surface area (Å²) in [6.07, 6.45) is 1.69. The fourth-order valence-corrected chi connectivity index (χ4v) is 2.73. The average Bonchev–Trinajstić information content (AvgIpc) is 2.98. The summed E-state index contributed by atoms with van der Waals surface area (Å²) < 4.78 is 1.80. The van der Waals surface area contributed by atoms with E-state index in [1.54, 1.807) is 17.6 Å². The van der Waals surface area contributed by atoms with Gasteiger partial charge in [-0.25, -0.2) is 0 Å². The van der Waals surface area contributed by atoms with Crippen LogP contribution in [0.4, 0.5) is 5.69 Å². The highest BCUT2D eigenvalue weighted by Gasteiger charge is 2.14. The third kappa shape index (κ3) is 4.89. The van der Waals surface area contributed by atoms with Gasteiger partial charge >= 0.3 is 0 Å². The maximum Gasteiger partial charge on any atom is 0.270 e. The predicted octanol–water partition coefficient (Wildman–Crippen LogP) is 1.23. The van der Waals surface area contributed by atoms with Gasteiger partial charge < -0.3 is 4.57 Å². The molecule has 1 heterocycles. The van der Waals surface area contributed by atoms with E-state index in [-0.39, 0.29) is 17.0 Å². The molecule has 0 bridgehead atoms. The van der Waals surface area contributed by atoms with Gasteiger partial charge in [-0.2, -0.15) is 0 Å². The maximum absolute atomic E-state index is 11.9. The minimum absolute atomic E-state index is 0.00446. The van der Waals surface area contributed by atoms with Gasteiger partial charge in [0.05, 0.1) is 10.7 Å². The third-order valence-corrected chi connectivity index (χ3v) is 4.15. The molecule has 10 nitrogen and oxygen atoms in total. The molecule has 0 aliphatic carbocycles. The van der Waals surface area contributed by atoms with Gasteiger partial charge in [-0.3, -0.25) is 30.6 Å². The van der Waals surface area contributed by atoms with Crippen molar-refractivity contribution in [3.63, 3.8) is 0 Å². The number of rotatable bonds is 7. The number of benzene rings is 1. The Balaban J connectivity index is 1.87. The van der Waals surface area contributed by atoms with Crippen LogP contribution in [0.5, 0.6) is 0 Å². The number of allylic oxidation sites excluding steroid dienone is 1. The highest BCUT2D eigenvalue weighted by Crippen LogP contribution is 2.16. The molecule has 0 aliphatic rings. The molecule has 0 spiro atoms. The van der Waals surface area contributed by atoms with Gasteiger partial charge in [-0.05, 0) is 13.0 Å². The number of aryl methyl sites for hydroxylation is 1. The molecule has 0 radical (unpaired) electrons. The van der Waals surface area contributed by atoms with E-state index in [0.717, 1.165) is 17.8 Å². The van der Waals surface area contributed by atoms with Gasteiger partial charge in [-0.15, -0.1) is 16.8 Å². The number of aromatic nitrogens is 3. The van der Waals surface area contributed by atoms with Crippen molar-refractivity contribution in [2.75, 3.05) is 5.75 Å². The first kappa shape index (κ1) is 19.1. The summed E-state index contributed by atoms with van der Waals surface area (Å²) in [5.41, 5.74) is 4.32. The van der Waals surface area contributed by atoms with Gasteiger partial charge in [0, 0.05) is 24.2 Å². The van der Waals surface area contributed by atoms with Crippen LogP contribution in [0, 0.1) is 17.0 Å². The molecule has 0 aliphatic heterocycles. The molecule has 0 fully saturated rings. The van der Waals surface area contributed by atoms with Gasteiger partial charge in [0.25, 0.3) is 11.6 Å². The van der Waals surface area contributed by atoms with Crippen LogP contribution in [0.3, 0.4) is 0 Å². The standard InChI is InChI=1S/C15H16N6O4S/c1-3-7-20-10(2)16-19-15(20)26-9-13(22)17-18-14(23)11-5-4-6-12(8-11)21(24)25/h3-6,8H,1,7,9H2,2H3,(H,17,22)(H,18,23). The number of nitrogens with zero attached hydrogens (tertiary/aromatic N) is 4. The summed E-state index contributed by atoms with van der Waals surface area (Å²) in [6.45, 7) is 5.96. The van der Waals surface area contributed by atoms with Crippen molar-refractivity contribution in [1.82, 2.24) is 25.6 Å². The summed E-state index contributed by atoms with van der Waals surface area (Å²) in [5.74, 6) is -0.408. The molecule has 2 aromatic rings. The molecule has 136 valence electrons. The number of carbonyl (C=O) groups excluding carboxylic acids is 2. The maximum atomic E-state index is 11.9. The number of nitro benzene ring substituents is 1. The van der Waals surface area contributed by atoms with E-state index in [1.807, 2.05) is 0 Å². The number of hydrogen-bond donors (Lipinski definition) is 2. The van der Waals surface area contributed by atoms with Gasteiger partial charge in [0.15, 0.2) is 5.16 Å². The number of amides is 2. The molecule has 1 aromatic heterocycles. The number of carbonyl (C=O) groups is 2. The summed E-state index contributed by atoms with van der Waals surface area (Å²) in [6, 6.07) is 5.19. The van der Waals surface area contributed by atoms with Crippen LogP contribution in [0.15, 0.2) is 42.1 Å². The molecule has 0 unspecified atom stereocenters. The lowest BCUT2D eigenvalue weighted by atomic mass is 10.2. The smallest absolute Gasteiger partial charge is 0.270 e. The second-order valence-electron chi connectivity index (χ2n) is 5.03. The van der Waals surface area contributed by atoms with Crippen molar-refractivity contribution >= 4 is 29.3 Å². The van der Waals surface area contributed by atoms with E-state index in [9.17, 15) is 19.7 Å². The first-order chi connectivity index (χ1) is 12.4. The number of nitrogens with one attached hydrogen (secondary N) is 2. The molecule has 26 heavy (non-hydrogen) atoms. The van der Waals surface area contributed by atoms with Crippen LogP contribution >= 0.6 is 11.8 Å². The average molecular weight is 376 g/mol. The third-order valence-electron chi connectivity index (χ3n) is 3.18. The lowest BCUT2D eigenvalue weighted by Crippen LogP contribution is -2.42. The number of non-ortho nitro benzene ring substituents is 1. The second-order valence-corrected chi connectivity index (χ2v) is 5.97. The van der Waals surface area contributed by atoms with Gasteiger partial charge in [0.1, 0.15) is 5.82 Å². The van der Waals surface area contributed by atoms with E-state index < -0.39 is 16.7 Å². The topological polar surface area (TPSA) is 132 Å². The van der Waals surface area contributed by atoms with Gasteiger partial charge in [0.2, 0.25) is 5.91 Å². The van der Waals surface area contributed by atoms with E-state index in [1.165, 1.54) is 18.2 Å². The largest absolute Gasteiger partial charge is 0.302 e. The summed E-state index contributed by atoms with van der Waals surface area (Å²) in [7, 11) is 0. The Kier molecular flexibility index (Phi) is 6.44. The lowest BCUT2D eigenvalue weighted by molar-refractivity contribution is -0.384. The normalized spacial score (nSPS) is 10.2. The highest BCUT2D eigenvalue weighted by atomic mass is 32.2. The monoisotopic (exact) mass is 376 g/mol. The molecule has 2 amide bonds. The van der Waals surface area contributed by atoms with Crippen molar-refractivity contribution < 1.29 is 14.5 Å². The van der Waals surface area contributed by atoms with E-state index in [0.29, 0.717) is 17.5 Å². The molecule has 0 atom stereocenters. The van der Waals surface area contributed by atoms with Crippen LogP contribution in [0.2, 0.25) is 0 Å². The van der Waals surface area contributed by atoms with Crippen LogP contribution in [0.1, 0.15) is 16.2 Å². The van der Waals surface area contributed by atoms with E-state index in [2.05, 4.69) is 27.6 Å². The minimum atomic E-state index is -0.655. The fraction of sp³-hybridized carbons (Fsp3) is 0.200. The lowest BCUT2D eigenvalue weighted by Gasteiger charge is -2.08. The van der Waals surface area contributed by atoms with E-state index >= 15 is 0 Å². The second kappa shape index (κ2) is 8.76. The van der Waals surface area contributed by atoms with E-state index in [4.69, 9.17) is 0 Å². The quantitative estimate of drug-likeness (QED) is 0.321. The van der Waals surface area contributed by atoms with Crippen molar-refractivity contribution in [1.29, 1.82) is 0 Å². The van der Waals surface area contributed by atoms with Crippen molar-refractivity contribution in [2.24, 2.45) is 0 Å². The van der Waals surface area contributed by atoms with Crippen LogP contribution in [-0.4, -0.2) is 37.3 Å². The zero-order valence-corrected chi connectivity index (χ0v) is 14.7. The first-order valence-corrected chi connectivity index (χ1v) is 8.38. The van der Waals surface area contributed by atoms with Crippen LogP contribution in [0.25, 0.3) is 0 Å². The number of thioether (sulfide) groups is 1. The molecule has 2 N–H and O–H groups in total. The number of hydrazine groups is 1. The number of hydrogen-bond acceptors (Lipinski definition) is 7. The predicted molar refractivity (Wildman–Crippen MR) is 94.4 cm³/mol. The Morgan fingerprint density at radius 1 is 1.38 bits per heavy atom. The molecular formula is C15H16N6O4S. The highest BCUT2D eigenvalue weighted by molar-refractivity contribution is 7.99. The van der Waals surface area contributed by atoms with Gasteiger partial charge in [-0.1, -0.05) is 23.9 Å². The molecule has 0 saturated carbocycles. The Labute approximate surface area is 152 Å². The Morgan fingerprint density at radius 3 is 2.85 bits per heavy atom. The molecule has 1 aromatic carbocycles. The molecule has 2 rings (SSSR count). The Bertz CT molecular complexity index is 850. The first-order valence-electron chi connectivity index (χ1n) is 7.39. The van der Waals surface area contributed by atoms with Crippen molar-refractivity contribution in [3.8, 4) is 0 Å². The molecular weight excluding hydrogens is 360 g/mol. The fourth-order valence-electron chi connectivity index (χ4n) is 1.93. The summed E-state index contributed by atoms with van der Waals surface area (Å²) in [5, 5.41) is 19.2. The van der Waals surface area contributed by atoms with Crippen LogP contribution < -0.4 is 10.9 Å². The molecule has 0 saturated heterocycles. The van der Waals surface area contributed by atoms with Crippen molar-refractivity contribution in [2.45, 2.75) is 18.6 Å². The zero-order chi connectivity index (χ0) is 19.1. The SMILES string of the molecule is C=CCn1c(C)nnc1SCC(=O)NNC(=O)c1cccc([N+](=O)[O-])c1. The summed E-state index contributed by atoms with van der Waals surface area (Å²) in [4.78, 5) is 33.9. The molecule has 11 heteroatoms. The summed E-state index contributed by atoms with van der Waals surface area (Å²) >= 11 is 1.16. The van der Waals surface area contributed by atoms with Crippen LogP contribution in [-0.2, 0) is 11.3 Å².